The Morgan fingerprint density at radius 3 is 2.54 bits per heavy atom. The van der Waals surface area contributed by atoms with Gasteiger partial charge < -0.3 is 15.0 Å². The molecule has 1 saturated carbocycles. The van der Waals surface area contributed by atoms with Crippen molar-refractivity contribution in [3.8, 4) is 0 Å². The van der Waals surface area contributed by atoms with E-state index in [9.17, 15) is 4.79 Å². The van der Waals surface area contributed by atoms with Gasteiger partial charge in [-0.25, -0.2) is 4.79 Å². The Labute approximate surface area is 144 Å². The normalized spacial score (nSPS) is 25.7. The molecule has 24 heavy (non-hydrogen) atoms. The maximum atomic E-state index is 12.5. The van der Waals surface area contributed by atoms with E-state index in [2.05, 4.69) is 16.5 Å². The number of hydrogen-bond donors (Lipinski definition) is 1. The van der Waals surface area contributed by atoms with Crippen LogP contribution in [0.4, 0.5) is 4.79 Å². The van der Waals surface area contributed by atoms with E-state index in [1.54, 1.807) is 7.11 Å². The lowest BCUT2D eigenvalue weighted by Crippen LogP contribution is -2.48. The number of rotatable bonds is 4. The zero-order valence-electron chi connectivity index (χ0n) is 14.9. The number of ether oxygens (including phenoxy) is 1. The average molecular weight is 334 g/mol. The summed E-state index contributed by atoms with van der Waals surface area (Å²) in [5.74, 6) is 1.18. The molecule has 1 aliphatic carbocycles. The molecule has 1 aliphatic heterocycles. The minimum Gasteiger partial charge on any atom is -0.384 e. The number of likely N-dealkylation sites (tertiary alicyclic amines) is 1. The van der Waals surface area contributed by atoms with Crippen LogP contribution in [-0.2, 0) is 11.8 Å². The largest absolute Gasteiger partial charge is 0.384 e. The lowest BCUT2D eigenvalue weighted by molar-refractivity contribution is 0.122. The summed E-state index contributed by atoms with van der Waals surface area (Å²) in [5, 5.41) is 7.50. The van der Waals surface area contributed by atoms with E-state index < -0.39 is 0 Å². The van der Waals surface area contributed by atoms with E-state index in [1.165, 1.54) is 5.69 Å². The van der Waals surface area contributed by atoms with Gasteiger partial charge in [0.25, 0.3) is 0 Å². The minimum atomic E-state index is 0.119. The molecule has 1 N–H and O–H groups in total. The van der Waals surface area contributed by atoms with Crippen molar-refractivity contribution in [1.29, 1.82) is 0 Å². The Morgan fingerprint density at radius 2 is 1.96 bits per heavy atom. The molecule has 2 fully saturated rings. The summed E-state index contributed by atoms with van der Waals surface area (Å²) in [4.78, 5) is 14.5. The molecule has 0 radical (unpaired) electrons. The zero-order chi connectivity index (χ0) is 16.9. The fourth-order valence-electron chi connectivity index (χ4n) is 4.14. The number of aromatic nitrogens is 2. The van der Waals surface area contributed by atoms with Crippen molar-refractivity contribution < 1.29 is 9.53 Å². The number of amides is 2. The summed E-state index contributed by atoms with van der Waals surface area (Å²) in [6.45, 7) is 2.52. The fourth-order valence-corrected chi connectivity index (χ4v) is 4.14. The lowest BCUT2D eigenvalue weighted by atomic mass is 9.86. The standard InChI is InChI=1S/C18H30N4O2/c1-21-17(7-10-19-21)15-8-11-22(12-9-15)18(23)20-16-5-3-14(4-6-16)13-24-2/h7,10,14-16H,3-6,8-9,11-13H2,1-2H3,(H,20,23). The SMILES string of the molecule is COCC1CCC(NC(=O)N2CCC(c3ccnn3C)CC2)CC1. The van der Waals surface area contributed by atoms with E-state index in [-0.39, 0.29) is 6.03 Å². The molecule has 0 atom stereocenters. The van der Waals surface area contributed by atoms with Crippen molar-refractivity contribution in [2.75, 3.05) is 26.8 Å². The molecule has 0 bridgehead atoms. The third-order valence-electron chi connectivity index (χ3n) is 5.64. The molecule has 0 spiro atoms. The van der Waals surface area contributed by atoms with E-state index in [0.717, 1.165) is 58.2 Å². The van der Waals surface area contributed by atoms with E-state index in [1.807, 2.05) is 22.8 Å². The Kier molecular flexibility index (Phi) is 5.76. The van der Waals surface area contributed by atoms with Crippen LogP contribution in [-0.4, -0.2) is 53.6 Å². The molecule has 1 aromatic heterocycles. The van der Waals surface area contributed by atoms with Crippen LogP contribution < -0.4 is 5.32 Å². The highest BCUT2D eigenvalue weighted by Crippen LogP contribution is 2.28. The fraction of sp³-hybridized carbons (Fsp3) is 0.778. The number of carbonyl (C=O) groups is 1. The van der Waals surface area contributed by atoms with E-state index >= 15 is 0 Å². The topological polar surface area (TPSA) is 59.4 Å². The quantitative estimate of drug-likeness (QED) is 0.920. The van der Waals surface area contributed by atoms with Crippen molar-refractivity contribution in [2.24, 2.45) is 13.0 Å². The van der Waals surface area contributed by atoms with Gasteiger partial charge in [0, 0.05) is 57.7 Å². The lowest BCUT2D eigenvalue weighted by Gasteiger charge is -2.35. The predicted molar refractivity (Wildman–Crippen MR) is 92.9 cm³/mol. The number of nitrogens with zero attached hydrogens (tertiary/aromatic N) is 3. The molecule has 2 heterocycles. The Morgan fingerprint density at radius 1 is 1.25 bits per heavy atom. The van der Waals surface area contributed by atoms with Gasteiger partial charge >= 0.3 is 6.03 Å². The van der Waals surface area contributed by atoms with E-state index in [4.69, 9.17) is 4.74 Å². The summed E-state index contributed by atoms with van der Waals surface area (Å²) < 4.78 is 7.20. The molecule has 134 valence electrons. The third-order valence-corrected chi connectivity index (χ3v) is 5.64. The van der Waals surface area contributed by atoms with Crippen LogP contribution in [0.2, 0.25) is 0 Å². The van der Waals surface area contributed by atoms with Gasteiger partial charge in [-0.3, -0.25) is 4.68 Å². The first kappa shape index (κ1) is 17.3. The number of nitrogens with one attached hydrogen (secondary N) is 1. The molecule has 2 aliphatic rings. The number of aryl methyl sites for hydroxylation is 1. The van der Waals surface area contributed by atoms with Crippen LogP contribution in [0.25, 0.3) is 0 Å². The number of hydrogen-bond acceptors (Lipinski definition) is 3. The van der Waals surface area contributed by atoms with Crippen molar-refractivity contribution in [3.05, 3.63) is 18.0 Å². The van der Waals surface area contributed by atoms with Gasteiger partial charge in [-0.05, 0) is 50.5 Å². The molecule has 0 aromatic carbocycles. The molecule has 1 saturated heterocycles. The molecule has 1 aromatic rings. The highest BCUT2D eigenvalue weighted by molar-refractivity contribution is 5.74. The van der Waals surface area contributed by atoms with Gasteiger partial charge in [-0.2, -0.15) is 5.10 Å². The van der Waals surface area contributed by atoms with Crippen LogP contribution in [0.15, 0.2) is 12.3 Å². The second kappa shape index (κ2) is 8.01. The number of urea groups is 1. The maximum absolute atomic E-state index is 12.5. The van der Waals surface area contributed by atoms with E-state index in [0.29, 0.717) is 17.9 Å². The van der Waals surface area contributed by atoms with Gasteiger partial charge in [0.1, 0.15) is 0 Å². The van der Waals surface area contributed by atoms with Crippen molar-refractivity contribution in [3.63, 3.8) is 0 Å². The molecule has 6 heteroatoms. The second-order valence-electron chi connectivity index (χ2n) is 7.26. The van der Waals surface area contributed by atoms with Gasteiger partial charge in [0.05, 0.1) is 0 Å². The summed E-state index contributed by atoms with van der Waals surface area (Å²) in [6, 6.07) is 2.55. The molecule has 2 amide bonds. The second-order valence-corrected chi connectivity index (χ2v) is 7.26. The first-order valence-electron chi connectivity index (χ1n) is 9.19. The van der Waals surface area contributed by atoms with Crippen molar-refractivity contribution >= 4 is 6.03 Å². The highest BCUT2D eigenvalue weighted by Gasteiger charge is 2.28. The third kappa shape index (κ3) is 4.09. The van der Waals surface area contributed by atoms with Crippen molar-refractivity contribution in [2.45, 2.75) is 50.5 Å². The van der Waals surface area contributed by atoms with Crippen LogP contribution in [0.1, 0.15) is 50.1 Å². The first-order valence-corrected chi connectivity index (χ1v) is 9.19. The molecule has 0 unspecified atom stereocenters. The molecular weight excluding hydrogens is 304 g/mol. The molecule has 6 nitrogen and oxygen atoms in total. The highest BCUT2D eigenvalue weighted by atomic mass is 16.5. The molecular formula is C18H30N4O2. The predicted octanol–water partition coefficient (Wildman–Crippen LogP) is 2.51. The smallest absolute Gasteiger partial charge is 0.317 e. The number of carbonyl (C=O) groups excluding carboxylic acids is 1. The molecule has 3 rings (SSSR count). The van der Waals surface area contributed by atoms with Crippen molar-refractivity contribution in [1.82, 2.24) is 20.0 Å². The van der Waals surface area contributed by atoms with Crippen LogP contribution >= 0.6 is 0 Å². The summed E-state index contributed by atoms with van der Waals surface area (Å²) in [5.41, 5.74) is 1.28. The summed E-state index contributed by atoms with van der Waals surface area (Å²) in [6.07, 6.45) is 8.36. The maximum Gasteiger partial charge on any atom is 0.317 e. The minimum absolute atomic E-state index is 0.119. The van der Waals surface area contributed by atoms with Crippen LogP contribution in [0, 0.1) is 5.92 Å². The Bertz CT molecular complexity index is 529. The van der Waals surface area contributed by atoms with Gasteiger partial charge in [-0.15, -0.1) is 0 Å². The van der Waals surface area contributed by atoms with Gasteiger partial charge in [0.15, 0.2) is 0 Å². The summed E-state index contributed by atoms with van der Waals surface area (Å²) in [7, 11) is 3.76. The number of methoxy groups -OCH3 is 1. The van der Waals surface area contributed by atoms with Crippen LogP contribution in [0.3, 0.4) is 0 Å². The summed E-state index contributed by atoms with van der Waals surface area (Å²) >= 11 is 0. The Balaban J connectivity index is 1.42. The monoisotopic (exact) mass is 334 g/mol. The van der Waals surface area contributed by atoms with Crippen LogP contribution in [0.5, 0.6) is 0 Å². The first-order chi connectivity index (χ1) is 11.7. The zero-order valence-corrected chi connectivity index (χ0v) is 14.9. The number of piperidine rings is 1. The Hall–Kier alpha value is -1.56. The van der Waals surface area contributed by atoms with Gasteiger partial charge in [-0.1, -0.05) is 0 Å². The van der Waals surface area contributed by atoms with Gasteiger partial charge in [0.2, 0.25) is 0 Å². The average Bonchev–Trinajstić information content (AvgIpc) is 3.03.